The van der Waals surface area contributed by atoms with Crippen molar-refractivity contribution in [1.82, 2.24) is 10.5 Å². The topological polar surface area (TPSA) is 75.4 Å². The van der Waals surface area contributed by atoms with Gasteiger partial charge in [0.1, 0.15) is 0 Å². The molecule has 0 bridgehead atoms. The molecule has 6 heteroatoms. The maximum Gasteiger partial charge on any atom is 0.273 e. The first-order valence-electron chi connectivity index (χ1n) is 7.15. The van der Waals surface area contributed by atoms with Gasteiger partial charge in [0.2, 0.25) is 0 Å². The molecule has 1 aromatic heterocycles. The third kappa shape index (κ3) is 4.08. The van der Waals surface area contributed by atoms with Gasteiger partial charge in [-0.1, -0.05) is 42.7 Å². The second-order valence-electron chi connectivity index (χ2n) is 5.42. The van der Waals surface area contributed by atoms with Gasteiger partial charge in [0, 0.05) is 29.3 Å². The van der Waals surface area contributed by atoms with E-state index in [0.717, 1.165) is 5.56 Å². The number of rotatable bonds is 6. The Labute approximate surface area is 134 Å². The number of aromatic nitrogens is 1. The quantitative estimate of drug-likeness (QED) is 0.856. The minimum absolute atomic E-state index is 0.0235. The molecule has 2 aromatic rings. The zero-order chi connectivity index (χ0) is 16.1. The van der Waals surface area contributed by atoms with Gasteiger partial charge < -0.3 is 14.9 Å². The van der Waals surface area contributed by atoms with Gasteiger partial charge in [-0.25, -0.2) is 0 Å². The molecule has 118 valence electrons. The van der Waals surface area contributed by atoms with Crippen LogP contribution in [0.25, 0.3) is 11.3 Å². The molecule has 1 heterocycles. The fourth-order valence-electron chi connectivity index (χ4n) is 2.11. The fourth-order valence-corrected chi connectivity index (χ4v) is 2.30. The zero-order valence-electron chi connectivity index (χ0n) is 12.5. The number of benzene rings is 1. The first-order valence-corrected chi connectivity index (χ1v) is 7.53. The van der Waals surface area contributed by atoms with E-state index in [1.54, 1.807) is 24.3 Å². The van der Waals surface area contributed by atoms with E-state index < -0.39 is 0 Å². The van der Waals surface area contributed by atoms with Crippen LogP contribution in [0.1, 0.15) is 30.8 Å². The predicted molar refractivity (Wildman–Crippen MR) is 84.7 cm³/mol. The molecule has 0 saturated heterocycles. The van der Waals surface area contributed by atoms with Crippen molar-refractivity contribution < 1.29 is 14.4 Å². The van der Waals surface area contributed by atoms with Crippen LogP contribution in [-0.4, -0.2) is 28.8 Å². The number of halogens is 1. The van der Waals surface area contributed by atoms with Gasteiger partial charge in [-0.15, -0.1) is 0 Å². The van der Waals surface area contributed by atoms with E-state index in [9.17, 15) is 4.79 Å². The largest absolute Gasteiger partial charge is 0.396 e. The van der Waals surface area contributed by atoms with Gasteiger partial charge in [-0.05, 0) is 24.5 Å². The van der Waals surface area contributed by atoms with Crippen LogP contribution in [0.5, 0.6) is 0 Å². The summed E-state index contributed by atoms with van der Waals surface area (Å²) in [4.78, 5) is 12.2. The van der Waals surface area contributed by atoms with Crippen molar-refractivity contribution in [2.75, 3.05) is 6.61 Å². The first kappa shape index (κ1) is 16.5. The van der Waals surface area contributed by atoms with Crippen LogP contribution in [0.15, 0.2) is 34.9 Å². The van der Waals surface area contributed by atoms with Crippen LogP contribution in [-0.2, 0) is 0 Å². The Morgan fingerprint density at radius 2 is 2.18 bits per heavy atom. The lowest BCUT2D eigenvalue weighted by Crippen LogP contribution is -2.39. The molecular formula is C16H19ClN2O3. The summed E-state index contributed by atoms with van der Waals surface area (Å²) in [5, 5.41) is 16.3. The molecule has 1 unspecified atom stereocenters. The van der Waals surface area contributed by atoms with Gasteiger partial charge in [0.05, 0.1) is 0 Å². The van der Waals surface area contributed by atoms with E-state index in [-0.39, 0.29) is 30.2 Å². The van der Waals surface area contributed by atoms with E-state index >= 15 is 0 Å². The summed E-state index contributed by atoms with van der Waals surface area (Å²) >= 11 is 5.94. The Hall–Kier alpha value is -1.85. The van der Waals surface area contributed by atoms with Crippen LogP contribution in [0.4, 0.5) is 0 Å². The number of amides is 1. The highest BCUT2D eigenvalue weighted by molar-refractivity contribution is 6.30. The third-order valence-corrected chi connectivity index (χ3v) is 3.65. The Morgan fingerprint density at radius 1 is 1.41 bits per heavy atom. The molecule has 0 radical (unpaired) electrons. The number of hydrogen-bond acceptors (Lipinski definition) is 4. The van der Waals surface area contributed by atoms with Gasteiger partial charge in [-0.3, -0.25) is 4.79 Å². The standard InChI is InChI=1S/C16H19ClN2O3/c1-10(2)13(6-7-20)18-16(21)14-9-15(22-19-14)11-4-3-5-12(17)8-11/h3-5,8-10,13,20H,6-7H2,1-2H3,(H,18,21). The average Bonchev–Trinajstić information content (AvgIpc) is 2.96. The number of carbonyl (C=O) groups is 1. The van der Waals surface area contributed by atoms with Crippen LogP contribution in [0.2, 0.25) is 5.02 Å². The maximum absolute atomic E-state index is 12.2. The Balaban J connectivity index is 2.12. The molecule has 0 aliphatic carbocycles. The lowest BCUT2D eigenvalue weighted by molar-refractivity contribution is 0.0907. The minimum Gasteiger partial charge on any atom is -0.396 e. The molecule has 0 aliphatic heterocycles. The number of nitrogens with one attached hydrogen (secondary N) is 1. The summed E-state index contributed by atoms with van der Waals surface area (Å²) in [6.45, 7) is 4.00. The van der Waals surface area contributed by atoms with Gasteiger partial charge in [-0.2, -0.15) is 0 Å². The molecule has 22 heavy (non-hydrogen) atoms. The second-order valence-corrected chi connectivity index (χ2v) is 5.86. The van der Waals surface area contributed by atoms with E-state index in [1.807, 2.05) is 19.9 Å². The highest BCUT2D eigenvalue weighted by Crippen LogP contribution is 2.23. The molecule has 0 aliphatic rings. The molecule has 0 spiro atoms. The van der Waals surface area contributed by atoms with E-state index in [4.69, 9.17) is 21.2 Å². The lowest BCUT2D eigenvalue weighted by Gasteiger charge is -2.20. The number of aliphatic hydroxyl groups is 1. The number of hydrogen-bond donors (Lipinski definition) is 2. The van der Waals surface area contributed by atoms with Gasteiger partial charge in [0.25, 0.3) is 5.91 Å². The summed E-state index contributed by atoms with van der Waals surface area (Å²) in [5.74, 6) is 0.385. The maximum atomic E-state index is 12.2. The van der Waals surface area contributed by atoms with Crippen molar-refractivity contribution in [3.8, 4) is 11.3 Å². The van der Waals surface area contributed by atoms with Crippen LogP contribution in [0, 0.1) is 5.92 Å². The summed E-state index contributed by atoms with van der Waals surface area (Å²) in [6.07, 6.45) is 0.502. The smallest absolute Gasteiger partial charge is 0.273 e. The molecule has 1 atom stereocenters. The van der Waals surface area contributed by atoms with Crippen molar-refractivity contribution in [1.29, 1.82) is 0 Å². The van der Waals surface area contributed by atoms with Gasteiger partial charge >= 0.3 is 0 Å². The van der Waals surface area contributed by atoms with Crippen molar-refractivity contribution in [2.45, 2.75) is 26.3 Å². The molecular weight excluding hydrogens is 304 g/mol. The SMILES string of the molecule is CC(C)C(CCO)NC(=O)c1cc(-c2cccc(Cl)c2)on1. The molecule has 1 aromatic carbocycles. The highest BCUT2D eigenvalue weighted by Gasteiger charge is 2.19. The number of aliphatic hydroxyl groups excluding tert-OH is 1. The first-order chi connectivity index (χ1) is 10.5. The Morgan fingerprint density at radius 3 is 2.82 bits per heavy atom. The molecule has 1 amide bonds. The van der Waals surface area contributed by atoms with E-state index in [2.05, 4.69) is 10.5 Å². The second kappa shape index (κ2) is 7.42. The minimum atomic E-state index is -0.316. The van der Waals surface area contributed by atoms with Crippen molar-refractivity contribution in [3.05, 3.63) is 41.0 Å². The Bertz CT molecular complexity index is 640. The van der Waals surface area contributed by atoms with Crippen molar-refractivity contribution >= 4 is 17.5 Å². The van der Waals surface area contributed by atoms with Crippen molar-refractivity contribution in [2.24, 2.45) is 5.92 Å². The zero-order valence-corrected chi connectivity index (χ0v) is 13.3. The molecule has 0 fully saturated rings. The van der Waals surface area contributed by atoms with Crippen LogP contribution >= 0.6 is 11.6 Å². The van der Waals surface area contributed by atoms with Crippen LogP contribution < -0.4 is 5.32 Å². The molecule has 5 nitrogen and oxygen atoms in total. The summed E-state index contributed by atoms with van der Waals surface area (Å²) in [5.41, 5.74) is 0.966. The van der Waals surface area contributed by atoms with E-state index in [1.165, 1.54) is 0 Å². The Kier molecular flexibility index (Phi) is 5.57. The predicted octanol–water partition coefficient (Wildman–Crippen LogP) is 3.13. The lowest BCUT2D eigenvalue weighted by atomic mass is 10.0. The van der Waals surface area contributed by atoms with Crippen molar-refractivity contribution in [3.63, 3.8) is 0 Å². The molecule has 2 rings (SSSR count). The van der Waals surface area contributed by atoms with Gasteiger partial charge in [0.15, 0.2) is 11.5 Å². The third-order valence-electron chi connectivity index (χ3n) is 3.41. The summed E-state index contributed by atoms with van der Waals surface area (Å²) in [7, 11) is 0. The normalized spacial score (nSPS) is 12.4. The molecule has 2 N–H and O–H groups in total. The summed E-state index contributed by atoms with van der Waals surface area (Å²) in [6, 6.07) is 8.61. The average molecular weight is 323 g/mol. The molecule has 0 saturated carbocycles. The van der Waals surface area contributed by atoms with Crippen LogP contribution in [0.3, 0.4) is 0 Å². The monoisotopic (exact) mass is 322 g/mol. The fraction of sp³-hybridized carbons (Fsp3) is 0.375. The number of carbonyl (C=O) groups excluding carboxylic acids is 1. The number of nitrogens with zero attached hydrogens (tertiary/aromatic N) is 1. The summed E-state index contributed by atoms with van der Waals surface area (Å²) < 4.78 is 5.21. The highest BCUT2D eigenvalue weighted by atomic mass is 35.5. The van der Waals surface area contributed by atoms with E-state index in [0.29, 0.717) is 17.2 Å².